The zero-order valence-electron chi connectivity index (χ0n) is 16.7. The summed E-state index contributed by atoms with van der Waals surface area (Å²) in [5, 5.41) is 4.56. The molecular weight excluding hydrogens is 364 g/mol. The van der Waals surface area contributed by atoms with Crippen LogP contribution in [0.5, 0.6) is 0 Å². The number of hydrazine groups is 1. The van der Waals surface area contributed by atoms with E-state index in [1.807, 2.05) is 48.0 Å². The maximum absolute atomic E-state index is 12.7. The van der Waals surface area contributed by atoms with E-state index in [1.54, 1.807) is 12.1 Å². The molecule has 2 aromatic carbocycles. The Morgan fingerprint density at radius 1 is 0.966 bits per heavy atom. The average molecular weight is 388 g/mol. The van der Waals surface area contributed by atoms with Crippen LogP contribution < -0.4 is 10.9 Å². The molecule has 1 heterocycles. The van der Waals surface area contributed by atoms with Crippen molar-refractivity contribution in [1.82, 2.24) is 20.6 Å². The van der Waals surface area contributed by atoms with Crippen molar-refractivity contribution in [3.05, 3.63) is 82.2 Å². The molecule has 0 atom stereocenters. The van der Waals surface area contributed by atoms with Gasteiger partial charge in [-0.1, -0.05) is 36.8 Å². The average Bonchev–Trinajstić information content (AvgIpc) is 3.35. The third-order valence-electron chi connectivity index (χ3n) is 5.34. The summed E-state index contributed by atoms with van der Waals surface area (Å²) in [6.45, 7) is 4.10. The van der Waals surface area contributed by atoms with E-state index in [2.05, 4.69) is 22.9 Å². The first-order valence-corrected chi connectivity index (χ1v) is 9.94. The summed E-state index contributed by atoms with van der Waals surface area (Å²) in [5.41, 5.74) is 11.2. The summed E-state index contributed by atoms with van der Waals surface area (Å²) in [5.74, 6) is -0.747. The van der Waals surface area contributed by atoms with E-state index in [9.17, 15) is 9.59 Å². The van der Waals surface area contributed by atoms with Gasteiger partial charge in [0.1, 0.15) is 0 Å². The Kier molecular flexibility index (Phi) is 5.16. The number of hydrogen-bond acceptors (Lipinski definition) is 3. The topological polar surface area (TPSA) is 76.0 Å². The van der Waals surface area contributed by atoms with Crippen LogP contribution in [0.1, 0.15) is 56.6 Å². The van der Waals surface area contributed by atoms with Gasteiger partial charge in [-0.05, 0) is 62.4 Å². The van der Waals surface area contributed by atoms with Crippen LogP contribution in [0.4, 0.5) is 0 Å². The summed E-state index contributed by atoms with van der Waals surface area (Å²) >= 11 is 0. The van der Waals surface area contributed by atoms with Gasteiger partial charge in [0.15, 0.2) is 5.69 Å². The number of nitrogens with zero attached hydrogens (tertiary/aromatic N) is 2. The van der Waals surface area contributed by atoms with Crippen molar-refractivity contribution >= 4 is 11.8 Å². The fourth-order valence-corrected chi connectivity index (χ4v) is 3.66. The Labute approximate surface area is 169 Å². The lowest BCUT2D eigenvalue weighted by Crippen LogP contribution is -2.42. The monoisotopic (exact) mass is 388 g/mol. The van der Waals surface area contributed by atoms with E-state index in [4.69, 9.17) is 0 Å². The van der Waals surface area contributed by atoms with Crippen molar-refractivity contribution < 1.29 is 9.59 Å². The van der Waals surface area contributed by atoms with Gasteiger partial charge < -0.3 is 0 Å². The molecular formula is C23H24N4O2. The molecule has 0 radical (unpaired) electrons. The Morgan fingerprint density at radius 2 is 1.66 bits per heavy atom. The highest BCUT2D eigenvalue weighted by Gasteiger charge is 2.27. The van der Waals surface area contributed by atoms with Crippen LogP contribution in [0.25, 0.3) is 5.69 Å². The molecule has 1 aliphatic rings. The summed E-state index contributed by atoms with van der Waals surface area (Å²) in [7, 11) is 0. The number of fused-ring (bicyclic) bond motifs is 1. The van der Waals surface area contributed by atoms with E-state index in [1.165, 1.54) is 5.56 Å². The highest BCUT2D eigenvalue weighted by Crippen LogP contribution is 2.27. The Morgan fingerprint density at radius 3 is 2.34 bits per heavy atom. The van der Waals surface area contributed by atoms with Gasteiger partial charge in [0.2, 0.25) is 0 Å². The predicted octanol–water partition coefficient (Wildman–Crippen LogP) is 3.31. The minimum absolute atomic E-state index is 0.351. The number of aryl methyl sites for hydroxylation is 2. The van der Waals surface area contributed by atoms with Gasteiger partial charge in [-0.15, -0.1) is 0 Å². The number of aromatic nitrogens is 2. The Bertz CT molecular complexity index is 1050. The number of amides is 2. The predicted molar refractivity (Wildman–Crippen MR) is 111 cm³/mol. The highest BCUT2D eigenvalue weighted by molar-refractivity contribution is 5.99. The van der Waals surface area contributed by atoms with Crippen LogP contribution in [0.2, 0.25) is 0 Å². The fraction of sp³-hybridized carbons (Fsp3) is 0.261. The van der Waals surface area contributed by atoms with E-state index in [-0.39, 0.29) is 5.91 Å². The van der Waals surface area contributed by atoms with Gasteiger partial charge in [-0.25, -0.2) is 4.68 Å². The molecule has 6 nitrogen and oxygen atoms in total. The Balaban J connectivity index is 1.51. The van der Waals surface area contributed by atoms with Crippen molar-refractivity contribution in [3.8, 4) is 5.69 Å². The minimum Gasteiger partial charge on any atom is -0.267 e. The van der Waals surface area contributed by atoms with E-state index in [0.717, 1.165) is 48.2 Å². The lowest BCUT2D eigenvalue weighted by atomic mass is 10.1. The highest BCUT2D eigenvalue weighted by atomic mass is 16.2. The summed E-state index contributed by atoms with van der Waals surface area (Å²) in [6.07, 6.45) is 3.61. The molecule has 0 unspecified atom stereocenters. The summed E-state index contributed by atoms with van der Waals surface area (Å²) < 4.78 is 1.85. The third kappa shape index (κ3) is 3.78. The van der Waals surface area contributed by atoms with Crippen molar-refractivity contribution in [2.45, 2.75) is 39.5 Å². The number of benzene rings is 2. The van der Waals surface area contributed by atoms with Gasteiger partial charge in [0.05, 0.1) is 5.69 Å². The lowest BCUT2D eigenvalue weighted by Gasteiger charge is -2.07. The normalized spacial score (nSPS) is 12.5. The molecule has 2 amide bonds. The van der Waals surface area contributed by atoms with Crippen molar-refractivity contribution in [2.75, 3.05) is 0 Å². The molecule has 0 aliphatic heterocycles. The first-order chi connectivity index (χ1) is 14.1. The molecule has 0 spiro atoms. The molecule has 0 fully saturated rings. The van der Waals surface area contributed by atoms with Gasteiger partial charge in [0, 0.05) is 16.8 Å². The van der Waals surface area contributed by atoms with Gasteiger partial charge >= 0.3 is 0 Å². The molecule has 4 rings (SSSR count). The fourth-order valence-electron chi connectivity index (χ4n) is 3.66. The molecule has 1 aromatic heterocycles. The maximum atomic E-state index is 12.7. The second-order valence-electron chi connectivity index (χ2n) is 7.33. The molecule has 1 aliphatic carbocycles. The number of nitrogens with one attached hydrogen (secondary N) is 2. The number of hydrogen-bond donors (Lipinski definition) is 2. The zero-order valence-corrected chi connectivity index (χ0v) is 16.7. The van der Waals surface area contributed by atoms with Crippen LogP contribution in [-0.4, -0.2) is 21.6 Å². The van der Waals surface area contributed by atoms with Crippen LogP contribution in [-0.2, 0) is 19.3 Å². The van der Waals surface area contributed by atoms with Crippen molar-refractivity contribution in [1.29, 1.82) is 0 Å². The number of carbonyl (C=O) groups excluding carboxylic acids is 2. The van der Waals surface area contributed by atoms with Gasteiger partial charge in [-0.2, -0.15) is 5.10 Å². The minimum atomic E-state index is -0.396. The zero-order chi connectivity index (χ0) is 20.4. The Hall–Kier alpha value is -3.41. The summed E-state index contributed by atoms with van der Waals surface area (Å²) in [6, 6.07) is 15.4. The number of rotatable bonds is 4. The summed E-state index contributed by atoms with van der Waals surface area (Å²) in [4.78, 5) is 25.1. The third-order valence-corrected chi connectivity index (χ3v) is 5.34. The van der Waals surface area contributed by atoms with E-state index >= 15 is 0 Å². The SMILES string of the molecule is CCc1ccc(C(=O)NNC(=O)c2nn(-c3ccc(C)cc3)c3c2CCC3)cc1. The molecule has 0 saturated carbocycles. The van der Waals surface area contributed by atoms with Gasteiger partial charge in [-0.3, -0.25) is 20.4 Å². The lowest BCUT2D eigenvalue weighted by molar-refractivity contribution is 0.0843. The van der Waals surface area contributed by atoms with Crippen LogP contribution in [0.15, 0.2) is 48.5 Å². The molecule has 3 aromatic rings. The molecule has 29 heavy (non-hydrogen) atoms. The molecule has 0 bridgehead atoms. The maximum Gasteiger partial charge on any atom is 0.290 e. The smallest absolute Gasteiger partial charge is 0.267 e. The van der Waals surface area contributed by atoms with Gasteiger partial charge in [0.25, 0.3) is 11.8 Å². The molecule has 2 N–H and O–H groups in total. The standard InChI is InChI=1S/C23H24N4O2/c1-3-16-9-11-17(12-10-16)22(28)24-25-23(29)21-19-5-4-6-20(19)27(26-21)18-13-7-15(2)8-14-18/h7-14H,3-6H2,1-2H3,(H,24,28)(H,25,29). The quantitative estimate of drug-likeness (QED) is 0.674. The van der Waals surface area contributed by atoms with Crippen LogP contribution in [0, 0.1) is 6.92 Å². The molecule has 148 valence electrons. The van der Waals surface area contributed by atoms with Crippen molar-refractivity contribution in [3.63, 3.8) is 0 Å². The second kappa shape index (κ2) is 7.91. The first-order valence-electron chi connectivity index (χ1n) is 9.94. The molecule has 6 heteroatoms. The van der Waals surface area contributed by atoms with E-state index in [0.29, 0.717) is 11.3 Å². The van der Waals surface area contributed by atoms with Crippen molar-refractivity contribution in [2.24, 2.45) is 0 Å². The second-order valence-corrected chi connectivity index (χ2v) is 7.33. The largest absolute Gasteiger partial charge is 0.290 e. The number of carbonyl (C=O) groups is 2. The molecule has 0 saturated heterocycles. The first kappa shape index (κ1) is 18.9. The van der Waals surface area contributed by atoms with Crippen LogP contribution in [0.3, 0.4) is 0 Å². The van der Waals surface area contributed by atoms with E-state index < -0.39 is 5.91 Å². The van der Waals surface area contributed by atoms with Crippen LogP contribution >= 0.6 is 0 Å².